The van der Waals surface area contributed by atoms with Crippen LogP contribution in [0.2, 0.25) is 0 Å². The van der Waals surface area contributed by atoms with Gasteiger partial charge in [-0.15, -0.1) is 0 Å². The highest BCUT2D eigenvalue weighted by Gasteiger charge is 2.34. The van der Waals surface area contributed by atoms with Crippen LogP contribution in [0, 0.1) is 0 Å². The molecule has 1 atom stereocenters. The lowest BCUT2D eigenvalue weighted by atomic mass is 10.1. The van der Waals surface area contributed by atoms with Crippen molar-refractivity contribution in [3.05, 3.63) is 47.5 Å². The van der Waals surface area contributed by atoms with Crippen molar-refractivity contribution >= 4 is 23.5 Å². The summed E-state index contributed by atoms with van der Waals surface area (Å²) in [5.74, 6) is 0.637. The number of nitrogens with zero attached hydrogens (tertiary/aromatic N) is 2. The van der Waals surface area contributed by atoms with E-state index in [-0.39, 0.29) is 18.6 Å². The molecule has 0 saturated heterocycles. The number of fused-ring (bicyclic) bond motifs is 1. The van der Waals surface area contributed by atoms with E-state index in [1.54, 1.807) is 49.1 Å². The minimum absolute atomic E-state index is 0.182. The Labute approximate surface area is 158 Å². The second kappa shape index (κ2) is 7.65. The molecule has 1 aliphatic rings. The first-order valence-corrected chi connectivity index (χ1v) is 8.93. The van der Waals surface area contributed by atoms with Crippen molar-refractivity contribution in [3.8, 4) is 5.75 Å². The summed E-state index contributed by atoms with van der Waals surface area (Å²) in [6.07, 6.45) is -0.233. The minimum atomic E-state index is -0.572. The molecule has 1 amide bonds. The zero-order valence-electron chi connectivity index (χ0n) is 15.6. The molecule has 142 valence electrons. The number of aromatic nitrogens is 1. The maximum Gasteiger partial charge on any atom is 0.338 e. The highest BCUT2D eigenvalue weighted by molar-refractivity contribution is 5.99. The van der Waals surface area contributed by atoms with Crippen LogP contribution in [0.4, 0.5) is 11.6 Å². The van der Waals surface area contributed by atoms with Gasteiger partial charge in [0, 0.05) is 0 Å². The van der Waals surface area contributed by atoms with Crippen molar-refractivity contribution < 1.29 is 19.1 Å². The normalized spacial score (nSPS) is 16.1. The SMILES string of the molecule is CCC1Oc2ccc(N)nc2N(Cc2cccc(C(=O)OC(C)C)c2)C1=O. The molecule has 0 saturated carbocycles. The number of nitrogen functional groups attached to an aromatic ring is 1. The van der Waals surface area contributed by atoms with Gasteiger partial charge in [-0.2, -0.15) is 0 Å². The molecular weight excluding hydrogens is 346 g/mol. The highest BCUT2D eigenvalue weighted by atomic mass is 16.5. The maximum absolute atomic E-state index is 12.8. The van der Waals surface area contributed by atoms with Crippen LogP contribution in [0.15, 0.2) is 36.4 Å². The van der Waals surface area contributed by atoms with Gasteiger partial charge in [0.05, 0.1) is 18.2 Å². The third-order valence-electron chi connectivity index (χ3n) is 4.14. The molecule has 27 heavy (non-hydrogen) atoms. The molecule has 1 aromatic heterocycles. The van der Waals surface area contributed by atoms with E-state index in [1.807, 2.05) is 13.0 Å². The van der Waals surface area contributed by atoms with Gasteiger partial charge in [0.1, 0.15) is 5.82 Å². The van der Waals surface area contributed by atoms with E-state index in [1.165, 1.54) is 0 Å². The van der Waals surface area contributed by atoms with Crippen molar-refractivity contribution in [1.29, 1.82) is 0 Å². The number of hydrogen-bond donors (Lipinski definition) is 1. The topological polar surface area (TPSA) is 94.8 Å². The monoisotopic (exact) mass is 369 g/mol. The Morgan fingerprint density at radius 2 is 2.11 bits per heavy atom. The number of benzene rings is 1. The summed E-state index contributed by atoms with van der Waals surface area (Å²) in [5.41, 5.74) is 7.02. The maximum atomic E-state index is 12.8. The number of anilines is 2. The largest absolute Gasteiger partial charge is 0.477 e. The molecule has 3 rings (SSSR count). The fourth-order valence-electron chi connectivity index (χ4n) is 2.89. The van der Waals surface area contributed by atoms with Gasteiger partial charge in [0.2, 0.25) is 0 Å². The predicted octanol–water partition coefficient (Wildman–Crippen LogP) is 2.93. The molecule has 7 heteroatoms. The van der Waals surface area contributed by atoms with Crippen molar-refractivity contribution in [2.24, 2.45) is 0 Å². The number of nitrogens with two attached hydrogens (primary N) is 1. The fourth-order valence-corrected chi connectivity index (χ4v) is 2.89. The van der Waals surface area contributed by atoms with E-state index >= 15 is 0 Å². The van der Waals surface area contributed by atoms with E-state index in [9.17, 15) is 9.59 Å². The number of carbonyl (C=O) groups is 2. The lowest BCUT2D eigenvalue weighted by Crippen LogP contribution is -2.45. The molecule has 0 aliphatic carbocycles. The standard InChI is InChI=1S/C20H23N3O4/c1-4-15-19(24)23(18-16(27-15)8-9-17(21)22-18)11-13-6-5-7-14(10-13)20(25)26-12(2)3/h5-10,12,15H,4,11H2,1-3H3,(H2,21,22). The molecule has 0 spiro atoms. The molecule has 1 aliphatic heterocycles. The predicted molar refractivity (Wildman–Crippen MR) is 102 cm³/mol. The number of carbonyl (C=O) groups excluding carboxylic acids is 2. The van der Waals surface area contributed by atoms with Gasteiger partial charge in [-0.3, -0.25) is 9.69 Å². The average Bonchev–Trinajstić information content (AvgIpc) is 2.64. The third-order valence-corrected chi connectivity index (χ3v) is 4.14. The van der Waals surface area contributed by atoms with E-state index in [0.29, 0.717) is 29.4 Å². The first kappa shape index (κ1) is 18.7. The molecule has 1 unspecified atom stereocenters. The first-order chi connectivity index (χ1) is 12.9. The van der Waals surface area contributed by atoms with Gasteiger partial charge in [-0.1, -0.05) is 19.1 Å². The number of ether oxygens (including phenoxy) is 2. The molecule has 0 radical (unpaired) electrons. The van der Waals surface area contributed by atoms with Crippen LogP contribution in [0.25, 0.3) is 0 Å². The van der Waals surface area contributed by atoms with Gasteiger partial charge >= 0.3 is 5.97 Å². The molecule has 0 bridgehead atoms. The van der Waals surface area contributed by atoms with Crippen LogP contribution < -0.4 is 15.4 Å². The number of amides is 1. The van der Waals surface area contributed by atoms with E-state index in [4.69, 9.17) is 15.2 Å². The zero-order chi connectivity index (χ0) is 19.6. The number of esters is 1. The lowest BCUT2D eigenvalue weighted by molar-refractivity contribution is -0.126. The van der Waals surface area contributed by atoms with Crippen LogP contribution in [-0.2, 0) is 16.1 Å². The minimum Gasteiger partial charge on any atom is -0.477 e. The Morgan fingerprint density at radius 1 is 1.33 bits per heavy atom. The fraction of sp³-hybridized carbons (Fsp3) is 0.350. The van der Waals surface area contributed by atoms with Crippen LogP contribution in [0.5, 0.6) is 5.75 Å². The summed E-state index contributed by atoms with van der Waals surface area (Å²) in [7, 11) is 0. The van der Waals surface area contributed by atoms with Gasteiger partial charge in [-0.25, -0.2) is 9.78 Å². The zero-order valence-corrected chi connectivity index (χ0v) is 15.6. The molecule has 0 fully saturated rings. The van der Waals surface area contributed by atoms with Crippen molar-refractivity contribution in [2.45, 2.75) is 45.9 Å². The van der Waals surface area contributed by atoms with Crippen LogP contribution in [0.1, 0.15) is 43.1 Å². The highest BCUT2D eigenvalue weighted by Crippen LogP contribution is 2.34. The summed E-state index contributed by atoms with van der Waals surface area (Å²) in [4.78, 5) is 30.8. The van der Waals surface area contributed by atoms with Crippen LogP contribution in [-0.4, -0.2) is 29.1 Å². The summed E-state index contributed by atoms with van der Waals surface area (Å²) in [6.45, 7) is 5.74. The Morgan fingerprint density at radius 3 is 2.81 bits per heavy atom. The van der Waals surface area contributed by atoms with Crippen LogP contribution in [0.3, 0.4) is 0 Å². The summed E-state index contributed by atoms with van der Waals surface area (Å²) < 4.78 is 11.0. The van der Waals surface area contributed by atoms with Gasteiger partial charge < -0.3 is 15.2 Å². The molecule has 2 N–H and O–H groups in total. The Kier molecular flexibility index (Phi) is 5.30. The van der Waals surface area contributed by atoms with Gasteiger partial charge in [-0.05, 0) is 50.1 Å². The smallest absolute Gasteiger partial charge is 0.338 e. The van der Waals surface area contributed by atoms with Gasteiger partial charge in [0.25, 0.3) is 5.91 Å². The van der Waals surface area contributed by atoms with E-state index in [2.05, 4.69) is 4.98 Å². The summed E-state index contributed by atoms with van der Waals surface area (Å²) in [6, 6.07) is 10.4. The molecular formula is C20H23N3O4. The Bertz CT molecular complexity index is 866. The van der Waals surface area contributed by atoms with Crippen molar-refractivity contribution in [1.82, 2.24) is 4.98 Å². The van der Waals surface area contributed by atoms with E-state index < -0.39 is 12.1 Å². The van der Waals surface area contributed by atoms with E-state index in [0.717, 1.165) is 5.56 Å². The first-order valence-electron chi connectivity index (χ1n) is 8.93. The van der Waals surface area contributed by atoms with Crippen LogP contribution >= 0.6 is 0 Å². The molecule has 7 nitrogen and oxygen atoms in total. The number of pyridine rings is 1. The molecule has 2 aromatic rings. The van der Waals surface area contributed by atoms with Crippen molar-refractivity contribution in [3.63, 3.8) is 0 Å². The lowest BCUT2D eigenvalue weighted by Gasteiger charge is -2.33. The quantitative estimate of drug-likeness (QED) is 0.814. The third kappa shape index (κ3) is 4.02. The van der Waals surface area contributed by atoms with Gasteiger partial charge in [0.15, 0.2) is 17.7 Å². The number of rotatable bonds is 5. The second-order valence-electron chi connectivity index (χ2n) is 6.65. The Balaban J connectivity index is 1.91. The van der Waals surface area contributed by atoms with Crippen molar-refractivity contribution in [2.75, 3.05) is 10.6 Å². The summed E-state index contributed by atoms with van der Waals surface area (Å²) >= 11 is 0. The molecule has 1 aromatic carbocycles. The average molecular weight is 369 g/mol. The molecule has 2 heterocycles. The number of hydrogen-bond acceptors (Lipinski definition) is 6. The Hall–Kier alpha value is -3.09. The summed E-state index contributed by atoms with van der Waals surface area (Å²) in [5, 5.41) is 0. The second-order valence-corrected chi connectivity index (χ2v) is 6.65.